The van der Waals surface area contributed by atoms with Crippen molar-refractivity contribution >= 4 is 45.2 Å². The predicted molar refractivity (Wildman–Crippen MR) is 68.4 cm³/mol. The molecule has 7 heteroatoms. The van der Waals surface area contributed by atoms with Crippen LogP contribution in [-0.2, 0) is 4.79 Å². The fourth-order valence-electron chi connectivity index (χ4n) is 1.01. The summed E-state index contributed by atoms with van der Waals surface area (Å²) in [7, 11) is 0. The molecule has 0 radical (unpaired) electrons. The minimum Gasteiger partial charge on any atom is -0.480 e. The maximum Gasteiger partial charge on any atom is 0.325 e. The van der Waals surface area contributed by atoms with Crippen molar-refractivity contribution in [3.05, 3.63) is 27.7 Å². The zero-order valence-electron chi connectivity index (χ0n) is 8.83. The molecule has 0 heterocycles. The normalized spacial score (nSPS) is 11.7. The van der Waals surface area contributed by atoms with Gasteiger partial charge in [0.05, 0.1) is 10.7 Å². The first-order valence-corrected chi connectivity index (χ1v) is 5.82. The van der Waals surface area contributed by atoms with Crippen molar-refractivity contribution in [3.63, 3.8) is 0 Å². The van der Waals surface area contributed by atoms with E-state index in [1.54, 1.807) is 18.2 Å². The zero-order chi connectivity index (χ0) is 13.0. The lowest BCUT2D eigenvalue weighted by Crippen LogP contribution is -2.40. The molecular formula is C10H10BrClN2O3. The van der Waals surface area contributed by atoms with E-state index in [-0.39, 0.29) is 0 Å². The van der Waals surface area contributed by atoms with E-state index in [0.717, 1.165) is 4.47 Å². The molecule has 0 aliphatic rings. The van der Waals surface area contributed by atoms with Gasteiger partial charge in [0.1, 0.15) is 6.04 Å². The van der Waals surface area contributed by atoms with Crippen LogP contribution < -0.4 is 10.6 Å². The fraction of sp³-hybridized carbons (Fsp3) is 0.200. The van der Waals surface area contributed by atoms with Crippen molar-refractivity contribution in [2.45, 2.75) is 13.0 Å². The lowest BCUT2D eigenvalue weighted by atomic mass is 10.3. The molecule has 2 amide bonds. The third-order valence-corrected chi connectivity index (χ3v) is 2.70. The lowest BCUT2D eigenvalue weighted by Gasteiger charge is -2.11. The SMILES string of the molecule is C[C@@H](NC(=O)Nc1ccc(Br)cc1Cl)C(=O)O. The Morgan fingerprint density at radius 2 is 2.12 bits per heavy atom. The molecule has 1 aromatic carbocycles. The van der Waals surface area contributed by atoms with Crippen molar-refractivity contribution < 1.29 is 14.7 Å². The van der Waals surface area contributed by atoms with Crippen LogP contribution in [0.1, 0.15) is 6.92 Å². The van der Waals surface area contributed by atoms with Gasteiger partial charge in [0.2, 0.25) is 0 Å². The molecule has 0 unspecified atom stereocenters. The van der Waals surface area contributed by atoms with E-state index in [0.29, 0.717) is 10.7 Å². The Bertz CT molecular complexity index is 453. The lowest BCUT2D eigenvalue weighted by molar-refractivity contribution is -0.138. The molecule has 1 atom stereocenters. The van der Waals surface area contributed by atoms with Crippen molar-refractivity contribution in [2.75, 3.05) is 5.32 Å². The Kier molecular flexibility index (Phi) is 4.77. The second-order valence-electron chi connectivity index (χ2n) is 3.28. The number of anilines is 1. The van der Waals surface area contributed by atoms with Gasteiger partial charge in [-0.2, -0.15) is 0 Å². The van der Waals surface area contributed by atoms with Gasteiger partial charge in [-0.05, 0) is 25.1 Å². The first kappa shape index (κ1) is 13.8. The van der Waals surface area contributed by atoms with Crippen LogP contribution in [0.4, 0.5) is 10.5 Å². The highest BCUT2D eigenvalue weighted by molar-refractivity contribution is 9.10. The number of carboxylic acid groups (broad SMARTS) is 1. The summed E-state index contributed by atoms with van der Waals surface area (Å²) in [6, 6.07) is 3.35. The van der Waals surface area contributed by atoms with E-state index in [4.69, 9.17) is 16.7 Å². The third-order valence-electron chi connectivity index (χ3n) is 1.90. The van der Waals surface area contributed by atoms with Crippen molar-refractivity contribution in [1.82, 2.24) is 5.32 Å². The largest absolute Gasteiger partial charge is 0.480 e. The molecule has 5 nitrogen and oxygen atoms in total. The number of urea groups is 1. The van der Waals surface area contributed by atoms with Gasteiger partial charge in [-0.15, -0.1) is 0 Å². The first-order chi connectivity index (χ1) is 7.90. The van der Waals surface area contributed by atoms with Gasteiger partial charge in [0.25, 0.3) is 0 Å². The van der Waals surface area contributed by atoms with E-state index >= 15 is 0 Å². The maximum absolute atomic E-state index is 11.4. The second-order valence-corrected chi connectivity index (χ2v) is 4.61. The van der Waals surface area contributed by atoms with Gasteiger partial charge in [-0.1, -0.05) is 27.5 Å². The van der Waals surface area contributed by atoms with Crippen LogP contribution in [-0.4, -0.2) is 23.1 Å². The summed E-state index contributed by atoms with van der Waals surface area (Å²) < 4.78 is 0.785. The molecule has 17 heavy (non-hydrogen) atoms. The molecule has 3 N–H and O–H groups in total. The monoisotopic (exact) mass is 320 g/mol. The third kappa shape index (κ3) is 4.24. The van der Waals surface area contributed by atoms with E-state index in [9.17, 15) is 9.59 Å². The molecule has 0 aliphatic carbocycles. The smallest absolute Gasteiger partial charge is 0.325 e. The van der Waals surface area contributed by atoms with Crippen LogP contribution in [0.2, 0.25) is 5.02 Å². The van der Waals surface area contributed by atoms with Gasteiger partial charge in [0, 0.05) is 4.47 Å². The van der Waals surface area contributed by atoms with Crippen LogP contribution in [0.3, 0.4) is 0 Å². The minimum atomic E-state index is -1.11. The van der Waals surface area contributed by atoms with Gasteiger partial charge < -0.3 is 15.7 Å². The van der Waals surface area contributed by atoms with E-state index in [2.05, 4.69) is 26.6 Å². The fourth-order valence-corrected chi connectivity index (χ4v) is 1.73. The summed E-state index contributed by atoms with van der Waals surface area (Å²) in [5.74, 6) is -1.11. The Labute approximate surface area is 111 Å². The summed E-state index contributed by atoms with van der Waals surface area (Å²) in [5, 5.41) is 13.7. The number of nitrogens with one attached hydrogen (secondary N) is 2. The van der Waals surface area contributed by atoms with Crippen molar-refractivity contribution in [3.8, 4) is 0 Å². The molecule has 0 aromatic heterocycles. The highest BCUT2D eigenvalue weighted by Gasteiger charge is 2.14. The summed E-state index contributed by atoms with van der Waals surface area (Å²) in [6.45, 7) is 1.37. The van der Waals surface area contributed by atoms with E-state index < -0.39 is 18.0 Å². The molecule has 1 aromatic rings. The van der Waals surface area contributed by atoms with E-state index in [1.165, 1.54) is 6.92 Å². The molecule has 0 saturated heterocycles. The number of carboxylic acids is 1. The number of halogens is 2. The predicted octanol–water partition coefficient (Wildman–Crippen LogP) is 2.70. The van der Waals surface area contributed by atoms with Gasteiger partial charge in [-0.25, -0.2) is 4.79 Å². The Balaban J connectivity index is 2.65. The number of amides is 2. The number of rotatable bonds is 3. The number of hydrogen-bond donors (Lipinski definition) is 3. The molecule has 0 spiro atoms. The molecule has 0 bridgehead atoms. The number of hydrogen-bond acceptors (Lipinski definition) is 2. The van der Waals surface area contributed by atoms with Gasteiger partial charge >= 0.3 is 12.0 Å². The molecule has 1 rings (SSSR count). The summed E-state index contributed by atoms with van der Waals surface area (Å²) in [5.41, 5.74) is 0.407. The standard InChI is InChI=1S/C10H10BrClN2O3/c1-5(9(15)16)13-10(17)14-8-3-2-6(11)4-7(8)12/h2-5H,1H3,(H,15,16)(H2,13,14,17)/t5-/m1/s1. The minimum absolute atomic E-state index is 0.359. The first-order valence-electron chi connectivity index (χ1n) is 4.65. The average Bonchev–Trinajstić information content (AvgIpc) is 2.22. The summed E-state index contributed by atoms with van der Waals surface area (Å²) in [6.07, 6.45) is 0. The number of aliphatic carboxylic acids is 1. The van der Waals surface area contributed by atoms with Crippen LogP contribution in [0.25, 0.3) is 0 Å². The van der Waals surface area contributed by atoms with Gasteiger partial charge in [-0.3, -0.25) is 4.79 Å². The molecule has 0 fully saturated rings. The Morgan fingerprint density at radius 1 is 1.47 bits per heavy atom. The average molecular weight is 322 g/mol. The molecule has 0 saturated carbocycles. The summed E-state index contributed by atoms with van der Waals surface area (Å²) in [4.78, 5) is 21.9. The van der Waals surface area contributed by atoms with Crippen LogP contribution in [0, 0.1) is 0 Å². The number of carbonyl (C=O) groups excluding carboxylic acids is 1. The Hall–Kier alpha value is -1.27. The molecular weight excluding hydrogens is 311 g/mol. The highest BCUT2D eigenvalue weighted by Crippen LogP contribution is 2.25. The number of benzene rings is 1. The maximum atomic E-state index is 11.4. The highest BCUT2D eigenvalue weighted by atomic mass is 79.9. The van der Waals surface area contributed by atoms with Crippen molar-refractivity contribution in [2.24, 2.45) is 0 Å². The van der Waals surface area contributed by atoms with Crippen LogP contribution in [0.5, 0.6) is 0 Å². The van der Waals surface area contributed by atoms with Crippen LogP contribution >= 0.6 is 27.5 Å². The summed E-state index contributed by atoms with van der Waals surface area (Å²) >= 11 is 9.12. The molecule has 92 valence electrons. The zero-order valence-corrected chi connectivity index (χ0v) is 11.2. The van der Waals surface area contributed by atoms with Crippen LogP contribution in [0.15, 0.2) is 22.7 Å². The van der Waals surface area contributed by atoms with E-state index in [1.807, 2.05) is 0 Å². The van der Waals surface area contributed by atoms with Gasteiger partial charge in [0.15, 0.2) is 0 Å². The molecule has 0 aliphatic heterocycles. The second kappa shape index (κ2) is 5.88. The Morgan fingerprint density at radius 3 is 2.65 bits per heavy atom. The van der Waals surface area contributed by atoms with Crippen molar-refractivity contribution in [1.29, 1.82) is 0 Å². The number of carbonyl (C=O) groups is 2. The quantitative estimate of drug-likeness (QED) is 0.801. The topological polar surface area (TPSA) is 78.4 Å².